The number of hydrogen-bond donors (Lipinski definition) is 2. The van der Waals surface area contributed by atoms with Gasteiger partial charge in [-0.25, -0.2) is 10.5 Å². The molecule has 0 fully saturated rings. The normalized spacial score (nSPS) is 11.0. The number of benzene rings is 2. The zero-order chi connectivity index (χ0) is 16.2. The summed E-state index contributed by atoms with van der Waals surface area (Å²) in [5.41, 5.74) is 4.20. The van der Waals surface area contributed by atoms with E-state index in [1.165, 1.54) is 0 Å². The molecule has 0 saturated carbocycles. The van der Waals surface area contributed by atoms with Gasteiger partial charge in [-0.2, -0.15) is 10.2 Å². The molecule has 1 aromatic heterocycles. The summed E-state index contributed by atoms with van der Waals surface area (Å²) in [6.07, 6.45) is 1.55. The highest BCUT2D eigenvalue weighted by molar-refractivity contribution is 6.04. The van der Waals surface area contributed by atoms with Crippen LogP contribution in [0.4, 0.5) is 0 Å². The van der Waals surface area contributed by atoms with Crippen LogP contribution in [0.3, 0.4) is 0 Å². The summed E-state index contributed by atoms with van der Waals surface area (Å²) >= 11 is 0. The predicted octanol–water partition coefficient (Wildman–Crippen LogP) is 2.00. The van der Waals surface area contributed by atoms with Crippen LogP contribution in [0.25, 0.3) is 10.8 Å². The van der Waals surface area contributed by atoms with Crippen molar-refractivity contribution in [2.75, 3.05) is 0 Å². The number of fused-ring (bicyclic) bond motifs is 1. The lowest BCUT2D eigenvalue weighted by atomic mass is 10.1. The number of aryl methyl sites for hydroxylation is 1. The molecule has 0 unspecified atom stereocenters. The molecule has 0 radical (unpaired) electrons. The molecule has 114 valence electrons. The minimum Gasteiger partial charge on any atom is -0.267 e. The van der Waals surface area contributed by atoms with E-state index in [4.69, 9.17) is 0 Å². The minimum atomic E-state index is -0.485. The second-order valence-corrected chi connectivity index (χ2v) is 5.06. The van der Waals surface area contributed by atoms with Crippen molar-refractivity contribution < 1.29 is 4.79 Å². The first-order chi connectivity index (χ1) is 11.1. The van der Waals surface area contributed by atoms with Crippen molar-refractivity contribution in [3.8, 4) is 0 Å². The zero-order valence-corrected chi connectivity index (χ0v) is 12.4. The minimum absolute atomic E-state index is 0.126. The van der Waals surface area contributed by atoms with E-state index in [2.05, 4.69) is 20.7 Å². The number of rotatable bonds is 3. The number of aromatic amines is 1. The van der Waals surface area contributed by atoms with E-state index in [1.807, 2.05) is 31.2 Å². The second kappa shape index (κ2) is 6.23. The van der Waals surface area contributed by atoms with Crippen molar-refractivity contribution in [1.82, 2.24) is 15.6 Å². The van der Waals surface area contributed by atoms with Crippen LogP contribution in [0, 0.1) is 6.92 Å². The number of carbonyl (C=O) groups excluding carboxylic acids is 1. The molecular weight excluding hydrogens is 292 g/mol. The average molecular weight is 306 g/mol. The molecule has 1 heterocycles. The Morgan fingerprint density at radius 2 is 1.96 bits per heavy atom. The van der Waals surface area contributed by atoms with Crippen molar-refractivity contribution in [2.45, 2.75) is 6.92 Å². The van der Waals surface area contributed by atoms with Crippen molar-refractivity contribution in [3.63, 3.8) is 0 Å². The van der Waals surface area contributed by atoms with Gasteiger partial charge < -0.3 is 0 Å². The highest BCUT2D eigenvalue weighted by Crippen LogP contribution is 2.12. The lowest BCUT2D eigenvalue weighted by Gasteiger charge is -2.03. The van der Waals surface area contributed by atoms with E-state index in [0.29, 0.717) is 10.8 Å². The standard InChI is InChI=1S/C17H14N4O2/c1-11-5-4-6-12(9-11)10-18-20-17(23)15-13-7-2-3-8-14(13)16(22)21-19-15/h2-10H,1H3,(H,20,23)(H,21,22)/b18-10-. The SMILES string of the molecule is Cc1cccc(/C=N\NC(=O)c2n[nH]c(=O)c3ccccc23)c1. The number of hydrogen-bond acceptors (Lipinski definition) is 4. The van der Waals surface area contributed by atoms with Crippen molar-refractivity contribution in [2.24, 2.45) is 5.10 Å². The number of H-pyrrole nitrogens is 1. The first-order valence-electron chi connectivity index (χ1n) is 7.02. The largest absolute Gasteiger partial charge is 0.292 e. The summed E-state index contributed by atoms with van der Waals surface area (Å²) in [6, 6.07) is 14.5. The third-order valence-corrected chi connectivity index (χ3v) is 3.33. The monoisotopic (exact) mass is 306 g/mol. The molecule has 0 aliphatic heterocycles. The van der Waals surface area contributed by atoms with Gasteiger partial charge in [-0.1, -0.05) is 48.0 Å². The molecule has 6 heteroatoms. The fourth-order valence-electron chi connectivity index (χ4n) is 2.26. The molecule has 0 bridgehead atoms. The Bertz CT molecular complexity index is 960. The van der Waals surface area contributed by atoms with E-state index in [1.54, 1.807) is 30.5 Å². The van der Waals surface area contributed by atoms with Gasteiger partial charge in [0.2, 0.25) is 0 Å². The lowest BCUT2D eigenvalue weighted by molar-refractivity contribution is 0.0951. The Balaban J connectivity index is 1.84. The Morgan fingerprint density at radius 1 is 1.17 bits per heavy atom. The molecule has 2 N–H and O–H groups in total. The Hall–Kier alpha value is -3.28. The van der Waals surface area contributed by atoms with Crippen molar-refractivity contribution >= 4 is 22.9 Å². The van der Waals surface area contributed by atoms with E-state index < -0.39 is 5.91 Å². The van der Waals surface area contributed by atoms with Gasteiger partial charge in [-0.3, -0.25) is 9.59 Å². The van der Waals surface area contributed by atoms with Crippen LogP contribution < -0.4 is 11.0 Å². The highest BCUT2D eigenvalue weighted by Gasteiger charge is 2.12. The number of carbonyl (C=O) groups is 1. The zero-order valence-electron chi connectivity index (χ0n) is 12.4. The predicted molar refractivity (Wildman–Crippen MR) is 88.6 cm³/mol. The molecule has 0 spiro atoms. The van der Waals surface area contributed by atoms with Crippen molar-refractivity contribution in [3.05, 3.63) is 75.7 Å². The lowest BCUT2D eigenvalue weighted by Crippen LogP contribution is -2.22. The van der Waals surface area contributed by atoms with Gasteiger partial charge in [0.25, 0.3) is 11.5 Å². The molecular formula is C17H14N4O2. The highest BCUT2D eigenvalue weighted by atomic mass is 16.2. The topological polar surface area (TPSA) is 87.2 Å². The Morgan fingerprint density at radius 3 is 2.74 bits per heavy atom. The van der Waals surface area contributed by atoms with Crippen LogP contribution in [0.15, 0.2) is 58.4 Å². The fourth-order valence-corrected chi connectivity index (χ4v) is 2.26. The van der Waals surface area contributed by atoms with Crippen LogP contribution in [0.1, 0.15) is 21.6 Å². The molecule has 23 heavy (non-hydrogen) atoms. The summed E-state index contributed by atoms with van der Waals surface area (Å²) in [4.78, 5) is 23.9. The molecule has 2 aromatic carbocycles. The Labute approximate surface area is 131 Å². The summed E-state index contributed by atoms with van der Waals surface area (Å²) < 4.78 is 0. The fraction of sp³-hybridized carbons (Fsp3) is 0.0588. The van der Waals surface area contributed by atoms with Gasteiger partial charge >= 0.3 is 0 Å². The van der Waals surface area contributed by atoms with E-state index in [9.17, 15) is 9.59 Å². The van der Waals surface area contributed by atoms with Gasteiger partial charge in [0, 0.05) is 5.39 Å². The quantitative estimate of drug-likeness (QED) is 0.573. The van der Waals surface area contributed by atoms with Crippen LogP contribution in [-0.4, -0.2) is 22.3 Å². The smallest absolute Gasteiger partial charge is 0.267 e. The maximum atomic E-state index is 12.2. The number of aromatic nitrogens is 2. The third-order valence-electron chi connectivity index (χ3n) is 3.33. The number of nitrogens with zero attached hydrogens (tertiary/aromatic N) is 2. The van der Waals surface area contributed by atoms with Crippen molar-refractivity contribution in [1.29, 1.82) is 0 Å². The Kier molecular flexibility index (Phi) is 3.97. The van der Waals surface area contributed by atoms with Gasteiger partial charge in [0.15, 0.2) is 5.69 Å². The molecule has 0 aliphatic carbocycles. The van der Waals surface area contributed by atoms with Gasteiger partial charge in [-0.05, 0) is 18.6 Å². The third kappa shape index (κ3) is 3.16. The van der Waals surface area contributed by atoms with E-state index in [-0.39, 0.29) is 11.3 Å². The number of amides is 1. The molecule has 3 rings (SSSR count). The van der Waals surface area contributed by atoms with Crippen LogP contribution >= 0.6 is 0 Å². The second-order valence-electron chi connectivity index (χ2n) is 5.06. The molecule has 0 saturated heterocycles. The summed E-state index contributed by atoms with van der Waals surface area (Å²) in [5, 5.41) is 11.0. The van der Waals surface area contributed by atoms with Crippen LogP contribution in [0.5, 0.6) is 0 Å². The van der Waals surface area contributed by atoms with Gasteiger partial charge in [-0.15, -0.1) is 0 Å². The first kappa shape index (κ1) is 14.6. The van der Waals surface area contributed by atoms with E-state index in [0.717, 1.165) is 11.1 Å². The number of hydrazone groups is 1. The molecule has 3 aromatic rings. The first-order valence-corrected chi connectivity index (χ1v) is 7.02. The van der Waals surface area contributed by atoms with E-state index >= 15 is 0 Å². The maximum absolute atomic E-state index is 12.2. The molecule has 6 nitrogen and oxygen atoms in total. The summed E-state index contributed by atoms with van der Waals surface area (Å²) in [7, 11) is 0. The summed E-state index contributed by atoms with van der Waals surface area (Å²) in [5.74, 6) is -0.485. The molecule has 0 atom stereocenters. The maximum Gasteiger partial charge on any atom is 0.292 e. The summed E-state index contributed by atoms with van der Waals surface area (Å²) in [6.45, 7) is 1.98. The average Bonchev–Trinajstić information content (AvgIpc) is 2.55. The van der Waals surface area contributed by atoms with Gasteiger partial charge in [0.1, 0.15) is 0 Å². The van der Waals surface area contributed by atoms with Gasteiger partial charge in [0.05, 0.1) is 11.6 Å². The number of nitrogens with one attached hydrogen (secondary N) is 2. The molecule has 0 aliphatic rings. The molecule has 1 amide bonds. The van der Waals surface area contributed by atoms with Crippen LogP contribution in [-0.2, 0) is 0 Å². The van der Waals surface area contributed by atoms with Crippen LogP contribution in [0.2, 0.25) is 0 Å².